The Kier molecular flexibility index (Phi) is 6.29. The predicted octanol–water partition coefficient (Wildman–Crippen LogP) is 2.02. The Morgan fingerprint density at radius 2 is 1.96 bits per heavy atom. The first-order chi connectivity index (χ1) is 12.9. The van der Waals surface area contributed by atoms with Crippen LogP contribution in [-0.2, 0) is 11.2 Å². The fourth-order valence-electron chi connectivity index (χ4n) is 4.18. The van der Waals surface area contributed by atoms with E-state index < -0.39 is 5.69 Å². The molecule has 1 aromatic rings. The van der Waals surface area contributed by atoms with Crippen LogP contribution >= 0.6 is 0 Å². The van der Waals surface area contributed by atoms with E-state index in [2.05, 4.69) is 15.3 Å². The highest BCUT2D eigenvalue weighted by Crippen LogP contribution is 2.25. The maximum Gasteiger partial charge on any atom is 0.345 e. The van der Waals surface area contributed by atoms with Gasteiger partial charge in [-0.1, -0.05) is 39.5 Å². The smallest absolute Gasteiger partial charge is 0.345 e. The number of hydrogen-bond acceptors (Lipinski definition) is 4. The molecule has 3 rings (SSSR count). The van der Waals surface area contributed by atoms with Crippen molar-refractivity contribution in [2.24, 2.45) is 5.92 Å². The average molecular weight is 374 g/mol. The summed E-state index contributed by atoms with van der Waals surface area (Å²) in [7, 11) is 0. The third kappa shape index (κ3) is 5.17. The van der Waals surface area contributed by atoms with Gasteiger partial charge in [-0.05, 0) is 31.2 Å². The first-order valence-electron chi connectivity index (χ1n) is 10.1. The highest BCUT2D eigenvalue weighted by molar-refractivity contribution is 5.93. The molecule has 27 heavy (non-hydrogen) atoms. The molecule has 2 fully saturated rings. The molecule has 148 valence electrons. The Bertz CT molecular complexity index is 735. The van der Waals surface area contributed by atoms with Crippen molar-refractivity contribution in [3.63, 3.8) is 0 Å². The zero-order chi connectivity index (χ0) is 19.4. The molecule has 7 nitrogen and oxygen atoms in total. The van der Waals surface area contributed by atoms with E-state index in [0.29, 0.717) is 37.0 Å². The average Bonchev–Trinajstić information content (AvgIpc) is 2.80. The number of H-pyrrole nitrogens is 1. The van der Waals surface area contributed by atoms with Gasteiger partial charge in [0.15, 0.2) is 0 Å². The van der Waals surface area contributed by atoms with E-state index in [1.807, 2.05) is 18.7 Å². The van der Waals surface area contributed by atoms with E-state index in [4.69, 9.17) is 0 Å². The van der Waals surface area contributed by atoms with Crippen molar-refractivity contribution >= 4 is 11.8 Å². The molecule has 1 saturated heterocycles. The molecule has 1 aliphatic heterocycles. The molecule has 1 aliphatic carbocycles. The second kappa shape index (κ2) is 8.67. The van der Waals surface area contributed by atoms with Crippen LogP contribution in [0.5, 0.6) is 0 Å². The molecule has 2 amide bonds. The Labute approximate surface area is 159 Å². The molecular formula is C20H30N4O3. The zero-order valence-electron chi connectivity index (χ0n) is 16.3. The molecule has 2 aliphatic rings. The number of nitrogens with one attached hydrogen (secondary N) is 2. The minimum Gasteiger partial charge on any atom is -0.346 e. The molecule has 0 bridgehead atoms. The number of rotatable bonds is 5. The predicted molar refractivity (Wildman–Crippen MR) is 102 cm³/mol. The van der Waals surface area contributed by atoms with Crippen LogP contribution in [-0.4, -0.2) is 45.3 Å². The van der Waals surface area contributed by atoms with Gasteiger partial charge in [0.2, 0.25) is 5.91 Å². The van der Waals surface area contributed by atoms with Crippen molar-refractivity contribution < 1.29 is 9.59 Å². The van der Waals surface area contributed by atoms with Crippen LogP contribution in [0.4, 0.5) is 0 Å². The van der Waals surface area contributed by atoms with Gasteiger partial charge in [-0.25, -0.2) is 4.79 Å². The van der Waals surface area contributed by atoms with Crippen LogP contribution in [0.3, 0.4) is 0 Å². The van der Waals surface area contributed by atoms with E-state index in [0.717, 1.165) is 12.8 Å². The van der Waals surface area contributed by atoms with Crippen molar-refractivity contribution in [1.82, 2.24) is 20.2 Å². The number of likely N-dealkylation sites (tertiary alicyclic amines) is 1. The van der Waals surface area contributed by atoms with Gasteiger partial charge in [0.1, 0.15) is 5.69 Å². The molecule has 0 spiro atoms. The zero-order valence-corrected chi connectivity index (χ0v) is 16.3. The van der Waals surface area contributed by atoms with Gasteiger partial charge in [-0.3, -0.25) is 9.59 Å². The summed E-state index contributed by atoms with van der Waals surface area (Å²) in [6.45, 7) is 4.65. The lowest BCUT2D eigenvalue weighted by molar-refractivity contribution is -0.129. The number of carbonyl (C=O) groups excluding carboxylic acids is 2. The number of aromatic nitrogens is 2. The Morgan fingerprint density at radius 1 is 1.26 bits per heavy atom. The molecular weight excluding hydrogens is 344 g/mol. The van der Waals surface area contributed by atoms with E-state index in [1.54, 1.807) is 6.07 Å². The first kappa shape index (κ1) is 19.6. The van der Waals surface area contributed by atoms with Crippen LogP contribution in [0, 0.1) is 5.92 Å². The Balaban J connectivity index is 1.63. The third-order valence-corrected chi connectivity index (χ3v) is 5.42. The van der Waals surface area contributed by atoms with Gasteiger partial charge < -0.3 is 15.2 Å². The lowest BCUT2D eigenvalue weighted by Crippen LogP contribution is -2.41. The molecule has 1 saturated carbocycles. The molecule has 1 atom stereocenters. The maximum absolute atomic E-state index is 12.6. The number of aromatic amines is 1. The third-order valence-electron chi connectivity index (χ3n) is 5.42. The monoisotopic (exact) mass is 374 g/mol. The second-order valence-electron chi connectivity index (χ2n) is 8.26. The quantitative estimate of drug-likeness (QED) is 0.771. The second-order valence-corrected chi connectivity index (χ2v) is 8.26. The topological polar surface area (TPSA) is 95.2 Å². The van der Waals surface area contributed by atoms with Crippen molar-refractivity contribution in [2.75, 3.05) is 6.54 Å². The fourth-order valence-corrected chi connectivity index (χ4v) is 4.18. The molecule has 7 heteroatoms. The SMILES string of the molecule is CC(C)Cc1cc(C(=O)N[C@@H]2CC(=O)N(C3CCCCCC3)C2)nc(=O)[nH]1. The van der Waals surface area contributed by atoms with Crippen LogP contribution in [0.15, 0.2) is 10.9 Å². The van der Waals surface area contributed by atoms with Crippen LogP contribution in [0.25, 0.3) is 0 Å². The molecule has 0 radical (unpaired) electrons. The highest BCUT2D eigenvalue weighted by atomic mass is 16.2. The summed E-state index contributed by atoms with van der Waals surface area (Å²) in [5.74, 6) is 0.0951. The van der Waals surface area contributed by atoms with E-state index >= 15 is 0 Å². The Morgan fingerprint density at radius 3 is 2.63 bits per heavy atom. The van der Waals surface area contributed by atoms with Gasteiger partial charge >= 0.3 is 5.69 Å². The van der Waals surface area contributed by atoms with Crippen molar-refractivity contribution in [2.45, 2.75) is 77.3 Å². The van der Waals surface area contributed by atoms with Gasteiger partial charge in [0.05, 0.1) is 6.04 Å². The molecule has 0 unspecified atom stereocenters. The van der Waals surface area contributed by atoms with Crippen LogP contribution in [0.2, 0.25) is 0 Å². The van der Waals surface area contributed by atoms with Crippen LogP contribution < -0.4 is 11.0 Å². The summed E-state index contributed by atoms with van der Waals surface area (Å²) >= 11 is 0. The number of carbonyl (C=O) groups is 2. The van der Waals surface area contributed by atoms with Gasteiger partial charge in [-0.2, -0.15) is 4.98 Å². The number of nitrogens with zero attached hydrogens (tertiary/aromatic N) is 2. The van der Waals surface area contributed by atoms with Crippen molar-refractivity contribution in [1.29, 1.82) is 0 Å². The van der Waals surface area contributed by atoms with Gasteiger partial charge in [0, 0.05) is 24.7 Å². The summed E-state index contributed by atoms with van der Waals surface area (Å²) in [6, 6.07) is 1.72. The van der Waals surface area contributed by atoms with E-state index in [-0.39, 0.29) is 23.6 Å². The standard InChI is InChI=1S/C20H30N4O3/c1-13(2)9-14-10-17(23-20(27)22-14)19(26)21-15-11-18(25)24(12-15)16-7-5-3-4-6-8-16/h10,13,15-16H,3-9,11-12H2,1-2H3,(H,21,26)(H,22,23,27)/t15-/m1/s1. The largest absolute Gasteiger partial charge is 0.346 e. The van der Waals surface area contributed by atoms with Crippen molar-refractivity contribution in [3.8, 4) is 0 Å². The lowest BCUT2D eigenvalue weighted by atomic mass is 10.1. The van der Waals surface area contributed by atoms with E-state index in [9.17, 15) is 14.4 Å². The normalized spacial score (nSPS) is 21.5. The fraction of sp³-hybridized carbons (Fsp3) is 0.700. The number of hydrogen-bond donors (Lipinski definition) is 2. The summed E-state index contributed by atoms with van der Waals surface area (Å²) in [5.41, 5.74) is 0.313. The maximum atomic E-state index is 12.6. The summed E-state index contributed by atoms with van der Waals surface area (Å²) in [5, 5.41) is 2.90. The molecule has 1 aromatic heterocycles. The Hall–Kier alpha value is -2.18. The van der Waals surface area contributed by atoms with Gasteiger partial charge in [0.25, 0.3) is 5.91 Å². The van der Waals surface area contributed by atoms with Crippen LogP contribution in [0.1, 0.15) is 75.0 Å². The summed E-state index contributed by atoms with van der Waals surface area (Å²) in [4.78, 5) is 45.2. The summed E-state index contributed by atoms with van der Waals surface area (Å²) in [6.07, 6.45) is 7.93. The molecule has 0 aromatic carbocycles. The lowest BCUT2D eigenvalue weighted by Gasteiger charge is -2.27. The number of amides is 2. The summed E-state index contributed by atoms with van der Waals surface area (Å²) < 4.78 is 0. The van der Waals surface area contributed by atoms with Crippen molar-refractivity contribution in [3.05, 3.63) is 27.9 Å². The van der Waals surface area contributed by atoms with E-state index in [1.165, 1.54) is 25.7 Å². The molecule has 2 heterocycles. The first-order valence-corrected chi connectivity index (χ1v) is 10.1. The highest BCUT2D eigenvalue weighted by Gasteiger charge is 2.35. The molecule has 2 N–H and O–H groups in total. The minimum absolute atomic E-state index is 0.117. The minimum atomic E-state index is -0.513. The van der Waals surface area contributed by atoms with Gasteiger partial charge in [-0.15, -0.1) is 0 Å².